The lowest BCUT2D eigenvalue weighted by Gasteiger charge is -2.33. The van der Waals surface area contributed by atoms with Crippen LogP contribution in [0.1, 0.15) is 43.6 Å². The zero-order chi connectivity index (χ0) is 22.7. The van der Waals surface area contributed by atoms with Crippen LogP contribution in [0.2, 0.25) is 0 Å². The molecule has 4 amide bonds. The Hall–Kier alpha value is -3.04. The van der Waals surface area contributed by atoms with E-state index >= 15 is 0 Å². The minimum absolute atomic E-state index is 0.0704. The van der Waals surface area contributed by atoms with Gasteiger partial charge in [0.1, 0.15) is 17.8 Å². The second kappa shape index (κ2) is 9.40. The summed E-state index contributed by atoms with van der Waals surface area (Å²) in [5.41, 5.74) is 0.455. The van der Waals surface area contributed by atoms with E-state index in [-0.39, 0.29) is 17.9 Å². The van der Waals surface area contributed by atoms with Crippen molar-refractivity contribution in [3.63, 3.8) is 0 Å². The Kier molecular flexibility index (Phi) is 6.87. The molecule has 0 aromatic carbocycles. The molecular formula is C21H31N5O5. The van der Waals surface area contributed by atoms with E-state index in [4.69, 9.17) is 4.74 Å². The van der Waals surface area contributed by atoms with E-state index in [0.29, 0.717) is 38.0 Å². The summed E-state index contributed by atoms with van der Waals surface area (Å²) in [5, 5.41) is 5.61. The van der Waals surface area contributed by atoms with Crippen LogP contribution in [0.25, 0.3) is 0 Å². The average molecular weight is 434 g/mol. The predicted octanol–water partition coefficient (Wildman–Crippen LogP) is 0.480. The monoisotopic (exact) mass is 433 g/mol. The molecule has 2 aliphatic heterocycles. The highest BCUT2D eigenvalue weighted by molar-refractivity contribution is 5.98. The Labute approximate surface area is 181 Å². The van der Waals surface area contributed by atoms with Gasteiger partial charge in [-0.1, -0.05) is 0 Å². The van der Waals surface area contributed by atoms with Gasteiger partial charge in [-0.2, -0.15) is 0 Å². The van der Waals surface area contributed by atoms with Gasteiger partial charge in [-0.05, 0) is 45.2 Å². The molecule has 170 valence electrons. The van der Waals surface area contributed by atoms with Crippen molar-refractivity contribution in [2.75, 3.05) is 20.2 Å². The van der Waals surface area contributed by atoms with Crippen LogP contribution in [-0.4, -0.2) is 82.5 Å². The first kappa shape index (κ1) is 22.6. The van der Waals surface area contributed by atoms with Crippen molar-refractivity contribution in [3.05, 3.63) is 24.0 Å². The van der Waals surface area contributed by atoms with Crippen molar-refractivity contribution < 1.29 is 23.9 Å². The molecule has 2 fully saturated rings. The van der Waals surface area contributed by atoms with E-state index in [9.17, 15) is 19.2 Å². The molecule has 2 aliphatic rings. The Balaban J connectivity index is 1.88. The van der Waals surface area contributed by atoms with E-state index in [1.165, 1.54) is 16.9 Å². The van der Waals surface area contributed by atoms with Crippen molar-refractivity contribution in [3.8, 4) is 0 Å². The van der Waals surface area contributed by atoms with E-state index in [1.807, 2.05) is 13.8 Å². The maximum absolute atomic E-state index is 13.6. The van der Waals surface area contributed by atoms with Gasteiger partial charge in [-0.3, -0.25) is 9.59 Å². The van der Waals surface area contributed by atoms with Crippen LogP contribution in [-0.2, 0) is 21.4 Å². The molecule has 2 saturated heterocycles. The molecule has 3 rings (SSSR count). The highest BCUT2D eigenvalue weighted by atomic mass is 16.5. The van der Waals surface area contributed by atoms with Crippen LogP contribution < -0.4 is 10.6 Å². The van der Waals surface area contributed by atoms with E-state index < -0.39 is 30.1 Å². The number of carbonyl (C=O) groups excluding carboxylic acids is 4. The number of hydrogen-bond donors (Lipinski definition) is 2. The van der Waals surface area contributed by atoms with Gasteiger partial charge >= 0.3 is 12.0 Å². The molecule has 10 nitrogen and oxygen atoms in total. The molecule has 3 atom stereocenters. The molecule has 31 heavy (non-hydrogen) atoms. The third-order valence-corrected chi connectivity index (χ3v) is 5.82. The minimum Gasteiger partial charge on any atom is -0.467 e. The highest BCUT2D eigenvalue weighted by Crippen LogP contribution is 2.27. The van der Waals surface area contributed by atoms with E-state index in [2.05, 4.69) is 10.6 Å². The van der Waals surface area contributed by atoms with Gasteiger partial charge in [-0.25, -0.2) is 9.59 Å². The summed E-state index contributed by atoms with van der Waals surface area (Å²) in [6.07, 6.45) is 3.40. The van der Waals surface area contributed by atoms with Crippen molar-refractivity contribution >= 4 is 23.8 Å². The highest BCUT2D eigenvalue weighted by Gasteiger charge is 2.48. The van der Waals surface area contributed by atoms with Gasteiger partial charge in [0, 0.05) is 32.4 Å². The van der Waals surface area contributed by atoms with Gasteiger partial charge in [0.25, 0.3) is 5.91 Å². The van der Waals surface area contributed by atoms with Crippen LogP contribution >= 0.6 is 0 Å². The number of nitrogens with one attached hydrogen (secondary N) is 2. The maximum atomic E-state index is 13.6. The lowest BCUT2D eigenvalue weighted by atomic mass is 10.1. The molecule has 1 aromatic heterocycles. The van der Waals surface area contributed by atoms with Gasteiger partial charge in [0.15, 0.2) is 0 Å². The first-order valence-corrected chi connectivity index (χ1v) is 10.6. The summed E-state index contributed by atoms with van der Waals surface area (Å²) in [7, 11) is 3.06. The SMILES string of the molecule is COC(=O)C1CCCN1C(=O)C1C(NC(=O)NC(C)C)CCN1C(=O)c1cccn1C. The smallest absolute Gasteiger partial charge is 0.328 e. The Morgan fingerprint density at radius 1 is 1.13 bits per heavy atom. The number of nitrogens with zero attached hydrogens (tertiary/aromatic N) is 3. The zero-order valence-corrected chi connectivity index (χ0v) is 18.5. The van der Waals surface area contributed by atoms with Crippen molar-refractivity contribution in [2.24, 2.45) is 7.05 Å². The maximum Gasteiger partial charge on any atom is 0.328 e. The number of hydrogen-bond acceptors (Lipinski definition) is 5. The van der Waals surface area contributed by atoms with Crippen molar-refractivity contribution in [1.82, 2.24) is 25.0 Å². The molecule has 0 radical (unpaired) electrons. The largest absolute Gasteiger partial charge is 0.467 e. The first-order valence-electron chi connectivity index (χ1n) is 10.6. The second-order valence-corrected chi connectivity index (χ2v) is 8.33. The predicted molar refractivity (Wildman–Crippen MR) is 112 cm³/mol. The minimum atomic E-state index is -0.898. The number of urea groups is 1. The normalized spacial score (nSPS) is 23.2. The number of aryl methyl sites for hydroxylation is 1. The van der Waals surface area contributed by atoms with Gasteiger partial charge in [0.2, 0.25) is 5.91 Å². The molecular weight excluding hydrogens is 402 g/mol. The number of amides is 4. The quantitative estimate of drug-likeness (QED) is 0.656. The molecule has 3 heterocycles. The summed E-state index contributed by atoms with van der Waals surface area (Å²) in [5.74, 6) is -1.10. The topological polar surface area (TPSA) is 113 Å². The fourth-order valence-corrected chi connectivity index (χ4v) is 4.36. The van der Waals surface area contributed by atoms with Gasteiger partial charge in [-0.15, -0.1) is 0 Å². The van der Waals surface area contributed by atoms with Crippen LogP contribution in [0.5, 0.6) is 0 Å². The van der Waals surface area contributed by atoms with E-state index in [1.54, 1.807) is 29.9 Å². The van der Waals surface area contributed by atoms with Crippen molar-refractivity contribution in [1.29, 1.82) is 0 Å². The molecule has 0 saturated carbocycles. The second-order valence-electron chi connectivity index (χ2n) is 8.33. The fourth-order valence-electron chi connectivity index (χ4n) is 4.36. The average Bonchev–Trinajstić information content (AvgIpc) is 3.45. The third-order valence-electron chi connectivity index (χ3n) is 5.82. The number of aromatic nitrogens is 1. The fraction of sp³-hybridized carbons (Fsp3) is 0.619. The van der Waals surface area contributed by atoms with Crippen LogP contribution in [0.15, 0.2) is 18.3 Å². The number of ether oxygens (including phenoxy) is 1. The molecule has 0 bridgehead atoms. The molecule has 0 spiro atoms. The molecule has 3 unspecified atom stereocenters. The van der Waals surface area contributed by atoms with E-state index in [0.717, 1.165) is 0 Å². The summed E-state index contributed by atoms with van der Waals surface area (Å²) < 4.78 is 6.56. The summed E-state index contributed by atoms with van der Waals surface area (Å²) >= 11 is 0. The van der Waals surface area contributed by atoms with Crippen LogP contribution in [0, 0.1) is 0 Å². The molecule has 1 aromatic rings. The van der Waals surface area contributed by atoms with Crippen molar-refractivity contribution in [2.45, 2.75) is 57.3 Å². The number of likely N-dealkylation sites (tertiary alicyclic amines) is 2. The lowest BCUT2D eigenvalue weighted by Crippen LogP contribution is -2.58. The zero-order valence-electron chi connectivity index (χ0n) is 18.5. The lowest BCUT2D eigenvalue weighted by molar-refractivity contribution is -0.152. The first-order chi connectivity index (χ1) is 14.7. The summed E-state index contributed by atoms with van der Waals surface area (Å²) in [6.45, 7) is 4.41. The standard InChI is InChI=1S/C21H31N5O5/c1-13(2)22-21(30)23-14-9-12-26(18(27)15-7-5-10-24(15)3)17(14)19(28)25-11-6-8-16(25)20(29)31-4/h5,7,10,13-14,16-17H,6,8-9,11-12H2,1-4H3,(H2,22,23,30). The summed E-state index contributed by atoms with van der Waals surface area (Å²) in [6, 6.07) is 0.870. The number of rotatable bonds is 5. The molecule has 0 aliphatic carbocycles. The third kappa shape index (κ3) is 4.67. The van der Waals surface area contributed by atoms with Crippen LogP contribution in [0.4, 0.5) is 4.79 Å². The Morgan fingerprint density at radius 3 is 2.48 bits per heavy atom. The number of carbonyl (C=O) groups is 4. The van der Waals surface area contributed by atoms with Gasteiger partial charge in [0.05, 0.1) is 13.2 Å². The molecule has 2 N–H and O–H groups in total. The molecule has 10 heteroatoms. The Morgan fingerprint density at radius 2 is 1.87 bits per heavy atom. The van der Waals surface area contributed by atoms with Crippen LogP contribution in [0.3, 0.4) is 0 Å². The number of methoxy groups -OCH3 is 1. The summed E-state index contributed by atoms with van der Waals surface area (Å²) in [4.78, 5) is 54.4. The Bertz CT molecular complexity index is 851. The van der Waals surface area contributed by atoms with Gasteiger partial charge < -0.3 is 29.7 Å². The number of esters is 1.